The van der Waals surface area contributed by atoms with Crippen molar-refractivity contribution in [2.75, 3.05) is 11.9 Å². The Kier molecular flexibility index (Phi) is 6.08. The van der Waals surface area contributed by atoms with Crippen LogP contribution in [0, 0.1) is 28.8 Å². The minimum absolute atomic E-state index is 0.108. The van der Waals surface area contributed by atoms with Crippen molar-refractivity contribution in [3.63, 3.8) is 0 Å². The summed E-state index contributed by atoms with van der Waals surface area (Å²) in [7, 11) is 0. The molecule has 7 heteroatoms. The van der Waals surface area contributed by atoms with Gasteiger partial charge < -0.3 is 10.4 Å². The molecule has 0 radical (unpaired) electrons. The SMILES string of the molecule is Cc1cc(NCCC(C)CCC(=O)O)c([N+](=O)[O-])cc1F. The van der Waals surface area contributed by atoms with Gasteiger partial charge in [0.25, 0.3) is 5.69 Å². The number of carbonyl (C=O) groups is 1. The number of nitrogens with one attached hydrogen (secondary N) is 1. The number of halogens is 1. The smallest absolute Gasteiger partial charge is 0.303 e. The van der Waals surface area contributed by atoms with Crippen LogP contribution in [0.3, 0.4) is 0 Å². The van der Waals surface area contributed by atoms with Gasteiger partial charge in [-0.3, -0.25) is 14.9 Å². The quantitative estimate of drug-likeness (QED) is 0.567. The van der Waals surface area contributed by atoms with Crippen molar-refractivity contribution >= 4 is 17.3 Å². The predicted molar refractivity (Wildman–Crippen MR) is 76.9 cm³/mol. The van der Waals surface area contributed by atoms with Crippen LogP contribution in [-0.4, -0.2) is 22.5 Å². The van der Waals surface area contributed by atoms with E-state index < -0.39 is 16.7 Å². The molecule has 1 rings (SSSR count). The average molecular weight is 298 g/mol. The summed E-state index contributed by atoms with van der Waals surface area (Å²) < 4.78 is 13.4. The first-order valence-corrected chi connectivity index (χ1v) is 6.71. The number of rotatable bonds is 8. The number of aliphatic carboxylic acids is 1. The Morgan fingerprint density at radius 2 is 2.14 bits per heavy atom. The minimum atomic E-state index is -0.834. The molecular weight excluding hydrogens is 279 g/mol. The summed E-state index contributed by atoms with van der Waals surface area (Å²) in [5.74, 6) is -1.25. The normalized spacial score (nSPS) is 12.0. The molecule has 0 aromatic heterocycles. The van der Waals surface area contributed by atoms with Gasteiger partial charge in [-0.05, 0) is 37.3 Å². The molecule has 0 aliphatic rings. The number of carboxylic acids is 1. The molecule has 0 heterocycles. The Labute approximate surface area is 122 Å². The first-order chi connectivity index (χ1) is 9.81. The van der Waals surface area contributed by atoms with E-state index in [1.807, 2.05) is 6.92 Å². The highest BCUT2D eigenvalue weighted by Gasteiger charge is 2.17. The lowest BCUT2D eigenvalue weighted by molar-refractivity contribution is -0.384. The lowest BCUT2D eigenvalue weighted by atomic mass is 10.0. The van der Waals surface area contributed by atoms with E-state index in [-0.39, 0.29) is 23.7 Å². The van der Waals surface area contributed by atoms with E-state index in [0.717, 1.165) is 6.07 Å². The van der Waals surface area contributed by atoms with Gasteiger partial charge in [-0.15, -0.1) is 0 Å². The largest absolute Gasteiger partial charge is 0.481 e. The zero-order chi connectivity index (χ0) is 16.0. The Hall–Kier alpha value is -2.18. The monoisotopic (exact) mass is 298 g/mol. The molecule has 0 aliphatic carbocycles. The summed E-state index contributed by atoms with van der Waals surface area (Å²) in [6.07, 6.45) is 1.35. The third-order valence-corrected chi connectivity index (χ3v) is 3.28. The van der Waals surface area contributed by atoms with Gasteiger partial charge in [0, 0.05) is 13.0 Å². The maximum Gasteiger partial charge on any atom is 0.303 e. The van der Waals surface area contributed by atoms with E-state index in [2.05, 4.69) is 5.32 Å². The van der Waals surface area contributed by atoms with Crippen molar-refractivity contribution in [3.8, 4) is 0 Å². The summed E-state index contributed by atoms with van der Waals surface area (Å²) in [6.45, 7) is 3.93. The number of nitro benzene ring substituents is 1. The molecule has 1 unspecified atom stereocenters. The van der Waals surface area contributed by atoms with Crippen LogP contribution in [0.2, 0.25) is 0 Å². The molecule has 0 amide bonds. The molecule has 116 valence electrons. The summed E-state index contributed by atoms with van der Waals surface area (Å²) in [4.78, 5) is 20.7. The van der Waals surface area contributed by atoms with Crippen LogP contribution >= 0.6 is 0 Å². The van der Waals surface area contributed by atoms with Crippen molar-refractivity contribution < 1.29 is 19.2 Å². The molecule has 0 spiro atoms. The zero-order valence-corrected chi connectivity index (χ0v) is 12.1. The molecule has 1 atom stereocenters. The highest BCUT2D eigenvalue weighted by atomic mass is 19.1. The maximum atomic E-state index is 13.4. The second-order valence-corrected chi connectivity index (χ2v) is 5.13. The molecule has 1 aromatic rings. The third-order valence-electron chi connectivity index (χ3n) is 3.28. The molecule has 21 heavy (non-hydrogen) atoms. The molecule has 0 bridgehead atoms. The van der Waals surface area contributed by atoms with E-state index in [4.69, 9.17) is 5.11 Å². The van der Waals surface area contributed by atoms with Crippen LogP contribution in [0.5, 0.6) is 0 Å². The highest BCUT2D eigenvalue weighted by molar-refractivity contribution is 5.66. The fourth-order valence-corrected chi connectivity index (χ4v) is 1.93. The Morgan fingerprint density at radius 3 is 2.71 bits per heavy atom. The predicted octanol–water partition coefficient (Wildman–Crippen LogP) is 3.35. The summed E-state index contributed by atoms with van der Waals surface area (Å²) in [6, 6.07) is 2.32. The molecule has 6 nitrogen and oxygen atoms in total. The zero-order valence-electron chi connectivity index (χ0n) is 12.1. The van der Waals surface area contributed by atoms with Crippen LogP contribution in [-0.2, 0) is 4.79 Å². The van der Waals surface area contributed by atoms with E-state index in [1.54, 1.807) is 6.92 Å². The van der Waals surface area contributed by atoms with Crippen molar-refractivity contribution in [1.29, 1.82) is 0 Å². The number of nitro groups is 1. The molecule has 0 fully saturated rings. The summed E-state index contributed by atoms with van der Waals surface area (Å²) >= 11 is 0. The second-order valence-electron chi connectivity index (χ2n) is 5.13. The number of anilines is 1. The third kappa shape index (κ3) is 5.37. The minimum Gasteiger partial charge on any atom is -0.481 e. The van der Waals surface area contributed by atoms with E-state index >= 15 is 0 Å². The van der Waals surface area contributed by atoms with E-state index in [0.29, 0.717) is 24.9 Å². The average Bonchev–Trinajstić information content (AvgIpc) is 2.39. The van der Waals surface area contributed by atoms with Gasteiger partial charge in [0.1, 0.15) is 11.5 Å². The van der Waals surface area contributed by atoms with Crippen LogP contribution in [0.25, 0.3) is 0 Å². The molecule has 2 N–H and O–H groups in total. The first-order valence-electron chi connectivity index (χ1n) is 6.71. The summed E-state index contributed by atoms with van der Waals surface area (Å²) in [5, 5.41) is 22.4. The van der Waals surface area contributed by atoms with Crippen LogP contribution in [0.15, 0.2) is 12.1 Å². The number of benzene rings is 1. The van der Waals surface area contributed by atoms with Gasteiger partial charge >= 0.3 is 5.97 Å². The molecular formula is C14H19FN2O4. The van der Waals surface area contributed by atoms with Crippen LogP contribution in [0.4, 0.5) is 15.8 Å². The lowest BCUT2D eigenvalue weighted by Crippen LogP contribution is -2.10. The van der Waals surface area contributed by atoms with Gasteiger partial charge in [-0.1, -0.05) is 6.92 Å². The molecule has 0 aliphatic heterocycles. The van der Waals surface area contributed by atoms with Crippen molar-refractivity contribution in [1.82, 2.24) is 0 Å². The summed E-state index contributed by atoms with van der Waals surface area (Å²) in [5.41, 5.74) is 0.322. The molecule has 0 saturated heterocycles. The van der Waals surface area contributed by atoms with Crippen molar-refractivity contribution in [2.45, 2.75) is 33.1 Å². The number of nitrogens with zero attached hydrogens (tertiary/aromatic N) is 1. The fraction of sp³-hybridized carbons (Fsp3) is 0.500. The maximum absolute atomic E-state index is 13.4. The fourth-order valence-electron chi connectivity index (χ4n) is 1.93. The van der Waals surface area contributed by atoms with Crippen LogP contribution < -0.4 is 5.32 Å². The van der Waals surface area contributed by atoms with Gasteiger partial charge in [0.05, 0.1) is 11.0 Å². The van der Waals surface area contributed by atoms with Crippen molar-refractivity contribution in [3.05, 3.63) is 33.6 Å². The molecule has 1 aromatic carbocycles. The number of hydrogen-bond donors (Lipinski definition) is 2. The highest BCUT2D eigenvalue weighted by Crippen LogP contribution is 2.27. The van der Waals surface area contributed by atoms with Gasteiger partial charge in [0.15, 0.2) is 0 Å². The number of carboxylic acid groups (broad SMARTS) is 1. The van der Waals surface area contributed by atoms with Crippen molar-refractivity contribution in [2.24, 2.45) is 5.92 Å². The Bertz CT molecular complexity index is 534. The molecule has 0 saturated carbocycles. The van der Waals surface area contributed by atoms with Gasteiger partial charge in [-0.2, -0.15) is 0 Å². The lowest BCUT2D eigenvalue weighted by Gasteiger charge is -2.12. The number of aryl methyl sites for hydroxylation is 1. The van der Waals surface area contributed by atoms with Gasteiger partial charge in [-0.25, -0.2) is 4.39 Å². The standard InChI is InChI=1S/C14H19FN2O4/c1-9(3-4-14(18)19)5-6-16-12-7-10(2)11(15)8-13(12)17(20)21/h7-9,16H,3-6H2,1-2H3,(H,18,19). The van der Waals surface area contributed by atoms with Crippen LogP contribution in [0.1, 0.15) is 31.7 Å². The van der Waals surface area contributed by atoms with Gasteiger partial charge in [0.2, 0.25) is 0 Å². The van der Waals surface area contributed by atoms with E-state index in [1.165, 1.54) is 6.07 Å². The second kappa shape index (κ2) is 7.56. The first kappa shape index (κ1) is 16.9. The Balaban J connectivity index is 2.61. The topological polar surface area (TPSA) is 92.5 Å². The Morgan fingerprint density at radius 1 is 1.48 bits per heavy atom. The van der Waals surface area contributed by atoms with E-state index in [9.17, 15) is 19.3 Å². The number of hydrogen-bond acceptors (Lipinski definition) is 4.